The van der Waals surface area contributed by atoms with Crippen LogP contribution in [-0.2, 0) is 14.8 Å². The molecule has 112 valence electrons. The lowest BCUT2D eigenvalue weighted by molar-refractivity contribution is -0.117. The third kappa shape index (κ3) is 4.01. The highest BCUT2D eigenvalue weighted by Crippen LogP contribution is 2.38. The van der Waals surface area contributed by atoms with Crippen LogP contribution in [0.3, 0.4) is 0 Å². The van der Waals surface area contributed by atoms with Gasteiger partial charge in [-0.3, -0.25) is 9.36 Å². The Morgan fingerprint density at radius 3 is 2.38 bits per heavy atom. The normalized spacial score (nSPS) is 12.6. The first-order valence-corrected chi connectivity index (χ1v) is 8.53. The van der Waals surface area contributed by atoms with Gasteiger partial charge >= 0.3 is 7.60 Å². The van der Waals surface area contributed by atoms with E-state index in [4.69, 9.17) is 9.79 Å². The van der Waals surface area contributed by atoms with Crippen molar-refractivity contribution in [2.75, 3.05) is 6.16 Å². The smallest absolute Gasteiger partial charge is 0.324 e. The zero-order valence-electron chi connectivity index (χ0n) is 12.1. The van der Waals surface area contributed by atoms with Crippen molar-refractivity contribution < 1.29 is 19.1 Å². The van der Waals surface area contributed by atoms with Crippen LogP contribution < -0.4 is 0 Å². The van der Waals surface area contributed by atoms with E-state index in [9.17, 15) is 9.36 Å². The topological polar surface area (TPSA) is 74.6 Å². The molecule has 0 aromatic heterocycles. The summed E-state index contributed by atoms with van der Waals surface area (Å²) in [6.07, 6.45) is -0.590. The fraction of sp³-hybridized carbons (Fsp3) is 0.312. The highest BCUT2D eigenvalue weighted by Gasteiger charge is 2.29. The molecule has 0 spiro atoms. The van der Waals surface area contributed by atoms with Crippen molar-refractivity contribution in [2.45, 2.75) is 25.7 Å². The van der Waals surface area contributed by atoms with E-state index < -0.39 is 25.0 Å². The van der Waals surface area contributed by atoms with Crippen molar-refractivity contribution in [3.8, 4) is 0 Å². The third-order valence-electron chi connectivity index (χ3n) is 3.54. The number of hydrogen-bond donors (Lipinski definition) is 2. The second-order valence-corrected chi connectivity index (χ2v) is 7.59. The standard InChI is InChI=1S/C16H19O4P/c1-16(2,10-13(17)11-21(18,19)20)15-9-5-7-12-6-3-4-8-14(12)15/h3-9H,10-11H2,1-2H3,(H2,18,19,20). The van der Waals surface area contributed by atoms with E-state index in [-0.39, 0.29) is 6.42 Å². The van der Waals surface area contributed by atoms with Gasteiger partial charge < -0.3 is 9.79 Å². The molecule has 0 aliphatic carbocycles. The quantitative estimate of drug-likeness (QED) is 0.832. The highest BCUT2D eigenvalue weighted by molar-refractivity contribution is 7.52. The van der Waals surface area contributed by atoms with Crippen LogP contribution in [0.2, 0.25) is 0 Å². The Bertz CT molecular complexity index is 710. The first-order chi connectivity index (χ1) is 9.69. The summed E-state index contributed by atoms with van der Waals surface area (Å²) in [5.41, 5.74) is 0.535. The van der Waals surface area contributed by atoms with E-state index in [2.05, 4.69) is 0 Å². The van der Waals surface area contributed by atoms with Crippen LogP contribution in [0.5, 0.6) is 0 Å². The third-order valence-corrected chi connectivity index (χ3v) is 4.30. The van der Waals surface area contributed by atoms with Gasteiger partial charge in [-0.05, 0) is 21.8 Å². The Morgan fingerprint density at radius 1 is 1.10 bits per heavy atom. The van der Waals surface area contributed by atoms with Crippen molar-refractivity contribution in [1.29, 1.82) is 0 Å². The highest BCUT2D eigenvalue weighted by atomic mass is 31.2. The van der Waals surface area contributed by atoms with Crippen LogP contribution in [0, 0.1) is 0 Å². The molecule has 0 fully saturated rings. The van der Waals surface area contributed by atoms with Crippen LogP contribution in [0.4, 0.5) is 0 Å². The fourth-order valence-electron chi connectivity index (χ4n) is 2.69. The number of carbonyl (C=O) groups excluding carboxylic acids is 1. The summed E-state index contributed by atoms with van der Waals surface area (Å²) in [4.78, 5) is 29.7. The van der Waals surface area contributed by atoms with Crippen molar-refractivity contribution in [3.63, 3.8) is 0 Å². The van der Waals surface area contributed by atoms with Gasteiger partial charge in [0.05, 0.1) is 0 Å². The van der Waals surface area contributed by atoms with E-state index in [0.29, 0.717) is 0 Å². The van der Waals surface area contributed by atoms with Crippen molar-refractivity contribution in [3.05, 3.63) is 48.0 Å². The molecule has 0 unspecified atom stereocenters. The molecule has 0 bridgehead atoms. The number of Topliss-reactive ketones (excluding diaryl/α,β-unsaturated/α-hetero) is 1. The van der Waals surface area contributed by atoms with Gasteiger partial charge in [0.15, 0.2) is 0 Å². The molecule has 0 radical (unpaired) electrons. The number of benzene rings is 2. The van der Waals surface area contributed by atoms with Gasteiger partial charge in [-0.25, -0.2) is 0 Å². The van der Waals surface area contributed by atoms with Crippen molar-refractivity contribution >= 4 is 24.2 Å². The van der Waals surface area contributed by atoms with Crippen molar-refractivity contribution in [1.82, 2.24) is 0 Å². The maximum absolute atomic E-state index is 11.9. The van der Waals surface area contributed by atoms with E-state index >= 15 is 0 Å². The Kier molecular flexibility index (Phi) is 4.33. The van der Waals surface area contributed by atoms with Crippen LogP contribution in [-0.4, -0.2) is 21.7 Å². The monoisotopic (exact) mass is 306 g/mol. The van der Waals surface area contributed by atoms with E-state index in [1.165, 1.54) is 0 Å². The van der Waals surface area contributed by atoms with Gasteiger partial charge in [-0.2, -0.15) is 0 Å². The Hall–Kier alpha value is -1.48. The molecule has 0 saturated heterocycles. The molecule has 2 aromatic carbocycles. The number of rotatable bonds is 5. The minimum absolute atomic E-state index is 0.103. The summed E-state index contributed by atoms with van der Waals surface area (Å²) in [6.45, 7) is 3.85. The minimum Gasteiger partial charge on any atom is -0.324 e. The molecule has 0 aliphatic rings. The Labute approximate surface area is 124 Å². The molecular weight excluding hydrogens is 287 g/mol. The van der Waals surface area contributed by atoms with Gasteiger partial charge in [-0.15, -0.1) is 0 Å². The van der Waals surface area contributed by atoms with Gasteiger partial charge in [0.2, 0.25) is 0 Å². The van der Waals surface area contributed by atoms with Gasteiger partial charge in [-0.1, -0.05) is 56.3 Å². The average molecular weight is 306 g/mol. The molecule has 0 aliphatic heterocycles. The molecule has 0 heterocycles. The molecule has 0 atom stereocenters. The lowest BCUT2D eigenvalue weighted by Gasteiger charge is -2.26. The largest absolute Gasteiger partial charge is 0.332 e. The molecular formula is C16H19O4P. The van der Waals surface area contributed by atoms with Gasteiger partial charge in [0.25, 0.3) is 0 Å². The summed E-state index contributed by atoms with van der Waals surface area (Å²) >= 11 is 0. The second-order valence-electron chi connectivity index (χ2n) is 5.95. The Morgan fingerprint density at radius 2 is 1.71 bits per heavy atom. The van der Waals surface area contributed by atoms with Gasteiger partial charge in [0.1, 0.15) is 11.9 Å². The number of ketones is 1. The number of carbonyl (C=O) groups is 1. The molecule has 2 aromatic rings. The molecule has 0 saturated carbocycles. The molecule has 2 N–H and O–H groups in total. The molecule has 21 heavy (non-hydrogen) atoms. The number of hydrogen-bond acceptors (Lipinski definition) is 2. The second kappa shape index (κ2) is 5.72. The zero-order valence-corrected chi connectivity index (χ0v) is 13.0. The van der Waals surface area contributed by atoms with Crippen LogP contribution in [0.25, 0.3) is 10.8 Å². The average Bonchev–Trinajstić information content (AvgIpc) is 2.35. The van der Waals surface area contributed by atoms with Gasteiger partial charge in [0, 0.05) is 6.42 Å². The first-order valence-electron chi connectivity index (χ1n) is 6.73. The predicted molar refractivity (Wildman–Crippen MR) is 83.5 cm³/mol. The zero-order chi connectivity index (χ0) is 15.7. The SMILES string of the molecule is CC(C)(CC(=O)CP(=O)(O)O)c1cccc2ccccc12. The predicted octanol–water partition coefficient (Wildman–Crippen LogP) is 3.25. The lowest BCUT2D eigenvalue weighted by Crippen LogP contribution is -2.23. The Balaban J connectivity index is 2.34. The maximum Gasteiger partial charge on any atom is 0.332 e. The van der Waals surface area contributed by atoms with Crippen LogP contribution in [0.1, 0.15) is 25.8 Å². The first kappa shape index (κ1) is 15.9. The summed E-state index contributed by atoms with van der Waals surface area (Å²) in [6, 6.07) is 13.8. The molecule has 5 heteroatoms. The fourth-order valence-corrected chi connectivity index (χ4v) is 3.26. The summed E-state index contributed by atoms with van der Waals surface area (Å²) in [5.74, 6) is -0.415. The van der Waals surface area contributed by atoms with E-state index in [0.717, 1.165) is 16.3 Å². The maximum atomic E-state index is 11.9. The lowest BCUT2D eigenvalue weighted by atomic mass is 9.78. The van der Waals surface area contributed by atoms with Crippen molar-refractivity contribution in [2.24, 2.45) is 0 Å². The van der Waals surface area contributed by atoms with Crippen LogP contribution in [0.15, 0.2) is 42.5 Å². The summed E-state index contributed by atoms with van der Waals surface area (Å²) in [5, 5.41) is 2.15. The minimum atomic E-state index is -4.30. The molecule has 0 amide bonds. The summed E-state index contributed by atoms with van der Waals surface area (Å²) < 4.78 is 11.0. The molecule has 4 nitrogen and oxygen atoms in total. The van der Waals surface area contributed by atoms with E-state index in [1.807, 2.05) is 56.3 Å². The molecule has 2 rings (SSSR count). The van der Waals surface area contributed by atoms with Crippen LogP contribution >= 0.6 is 7.60 Å². The van der Waals surface area contributed by atoms with E-state index in [1.54, 1.807) is 0 Å². The number of fused-ring (bicyclic) bond motifs is 1. The summed E-state index contributed by atoms with van der Waals surface area (Å²) in [7, 11) is -4.30.